The van der Waals surface area contributed by atoms with Crippen LogP contribution < -0.4 is 4.74 Å². The molecule has 0 atom stereocenters. The molecule has 0 saturated carbocycles. The Balaban J connectivity index is 2.45. The minimum Gasteiger partial charge on any atom is -0.462 e. The zero-order chi connectivity index (χ0) is 16.2. The molecule has 0 radical (unpaired) electrons. The van der Waals surface area contributed by atoms with Crippen molar-refractivity contribution in [1.82, 2.24) is 4.98 Å². The molecule has 1 aromatic heterocycles. The summed E-state index contributed by atoms with van der Waals surface area (Å²) in [5, 5.41) is 0. The molecule has 0 aliphatic carbocycles. The molecule has 116 valence electrons. The van der Waals surface area contributed by atoms with Crippen LogP contribution in [-0.2, 0) is 4.74 Å². The minimum atomic E-state index is -4.90. The number of benzene rings is 1. The number of carbonyl (C=O) groups excluding carboxylic acids is 1. The number of alkyl halides is 3. The van der Waals surface area contributed by atoms with Gasteiger partial charge in [0.1, 0.15) is 11.3 Å². The third kappa shape index (κ3) is 3.97. The van der Waals surface area contributed by atoms with Gasteiger partial charge in [0, 0.05) is 12.4 Å². The molecule has 0 fully saturated rings. The van der Waals surface area contributed by atoms with E-state index in [9.17, 15) is 18.0 Å². The van der Waals surface area contributed by atoms with Crippen molar-refractivity contribution in [3.8, 4) is 16.9 Å². The summed E-state index contributed by atoms with van der Waals surface area (Å²) < 4.78 is 46.2. The van der Waals surface area contributed by atoms with Gasteiger partial charge in [0.2, 0.25) is 0 Å². The number of carbonyl (C=O) groups is 1. The highest BCUT2D eigenvalue weighted by atomic mass is 19.4. The molecule has 22 heavy (non-hydrogen) atoms. The zero-order valence-corrected chi connectivity index (χ0v) is 11.6. The molecule has 2 aromatic rings. The third-order valence-electron chi connectivity index (χ3n) is 2.72. The predicted molar refractivity (Wildman–Crippen MR) is 72.3 cm³/mol. The van der Waals surface area contributed by atoms with Gasteiger partial charge in [-0.1, -0.05) is 6.07 Å². The second-order valence-corrected chi connectivity index (χ2v) is 4.22. The lowest BCUT2D eigenvalue weighted by molar-refractivity contribution is -0.274. The van der Waals surface area contributed by atoms with E-state index in [-0.39, 0.29) is 12.2 Å². The second-order valence-electron chi connectivity index (χ2n) is 4.22. The fraction of sp³-hybridized carbons (Fsp3) is 0.200. The lowest BCUT2D eigenvalue weighted by Gasteiger charge is -2.14. The van der Waals surface area contributed by atoms with Gasteiger partial charge in [-0.15, -0.1) is 13.2 Å². The van der Waals surface area contributed by atoms with Gasteiger partial charge >= 0.3 is 12.3 Å². The van der Waals surface area contributed by atoms with Crippen molar-refractivity contribution < 1.29 is 27.4 Å². The van der Waals surface area contributed by atoms with E-state index in [1.807, 2.05) is 0 Å². The molecule has 0 aliphatic heterocycles. The third-order valence-corrected chi connectivity index (χ3v) is 2.72. The first-order chi connectivity index (χ1) is 10.4. The maximum absolute atomic E-state index is 12.5. The number of hydrogen-bond donors (Lipinski definition) is 0. The number of pyridine rings is 1. The summed E-state index contributed by atoms with van der Waals surface area (Å²) in [7, 11) is 0. The summed E-state index contributed by atoms with van der Waals surface area (Å²) in [6.45, 7) is 1.62. The molecule has 1 aromatic carbocycles. The lowest BCUT2D eigenvalue weighted by Crippen LogP contribution is -2.19. The van der Waals surface area contributed by atoms with Crippen LogP contribution in [-0.4, -0.2) is 23.9 Å². The van der Waals surface area contributed by atoms with Crippen LogP contribution in [0.5, 0.6) is 5.75 Å². The molecular weight excluding hydrogens is 299 g/mol. The SMILES string of the molecule is CCOC(=O)c1ccc(-c2ccncc2)cc1OC(F)(F)F. The van der Waals surface area contributed by atoms with Crippen molar-refractivity contribution in [2.45, 2.75) is 13.3 Å². The van der Waals surface area contributed by atoms with Crippen molar-refractivity contribution in [3.63, 3.8) is 0 Å². The van der Waals surface area contributed by atoms with Crippen LogP contribution in [0.1, 0.15) is 17.3 Å². The average molecular weight is 311 g/mol. The van der Waals surface area contributed by atoms with Crippen molar-refractivity contribution in [1.29, 1.82) is 0 Å². The fourth-order valence-electron chi connectivity index (χ4n) is 1.83. The number of nitrogens with zero attached hydrogens (tertiary/aromatic N) is 1. The van der Waals surface area contributed by atoms with Gasteiger partial charge in [0.05, 0.1) is 6.61 Å². The summed E-state index contributed by atoms with van der Waals surface area (Å²) >= 11 is 0. The smallest absolute Gasteiger partial charge is 0.462 e. The van der Waals surface area contributed by atoms with Gasteiger partial charge in [-0.25, -0.2) is 4.79 Å². The van der Waals surface area contributed by atoms with Crippen molar-refractivity contribution >= 4 is 5.97 Å². The maximum atomic E-state index is 12.5. The highest BCUT2D eigenvalue weighted by Gasteiger charge is 2.33. The van der Waals surface area contributed by atoms with E-state index in [0.717, 1.165) is 6.07 Å². The molecule has 1 heterocycles. The summed E-state index contributed by atoms with van der Waals surface area (Å²) in [4.78, 5) is 15.6. The van der Waals surface area contributed by atoms with Crippen molar-refractivity contribution in [2.24, 2.45) is 0 Å². The number of ether oxygens (including phenoxy) is 2. The fourth-order valence-corrected chi connectivity index (χ4v) is 1.83. The van der Waals surface area contributed by atoms with Crippen LogP contribution in [0.25, 0.3) is 11.1 Å². The Bertz CT molecular complexity index is 657. The predicted octanol–water partition coefficient (Wildman–Crippen LogP) is 3.82. The number of esters is 1. The molecule has 2 rings (SSSR count). The van der Waals surface area contributed by atoms with Crippen LogP contribution in [0.15, 0.2) is 42.7 Å². The van der Waals surface area contributed by atoms with E-state index >= 15 is 0 Å². The summed E-state index contributed by atoms with van der Waals surface area (Å²) in [6.07, 6.45) is -1.88. The first-order valence-electron chi connectivity index (χ1n) is 6.38. The van der Waals surface area contributed by atoms with E-state index in [0.29, 0.717) is 11.1 Å². The Labute approximate surface area is 124 Å². The molecule has 0 saturated heterocycles. The number of rotatable bonds is 4. The molecule has 0 amide bonds. The summed E-state index contributed by atoms with van der Waals surface area (Å²) in [6, 6.07) is 7.18. The summed E-state index contributed by atoms with van der Waals surface area (Å²) in [5.41, 5.74) is 0.837. The average Bonchev–Trinajstić information content (AvgIpc) is 2.46. The number of halogens is 3. The molecule has 4 nitrogen and oxygen atoms in total. The monoisotopic (exact) mass is 311 g/mol. The van der Waals surface area contributed by atoms with Gasteiger partial charge in [-0.2, -0.15) is 0 Å². The van der Waals surface area contributed by atoms with E-state index in [4.69, 9.17) is 4.74 Å². The Morgan fingerprint density at radius 3 is 2.41 bits per heavy atom. The Kier molecular flexibility index (Phi) is 4.65. The largest absolute Gasteiger partial charge is 0.573 e. The normalized spacial score (nSPS) is 11.1. The Morgan fingerprint density at radius 2 is 1.82 bits per heavy atom. The van der Waals surface area contributed by atoms with Gasteiger partial charge < -0.3 is 9.47 Å². The van der Waals surface area contributed by atoms with Crippen LogP contribution in [0.3, 0.4) is 0 Å². The van der Waals surface area contributed by atoms with Gasteiger partial charge in [-0.3, -0.25) is 4.98 Å². The zero-order valence-electron chi connectivity index (χ0n) is 11.6. The molecule has 0 unspecified atom stereocenters. The van der Waals surface area contributed by atoms with E-state index in [2.05, 4.69) is 9.72 Å². The first-order valence-corrected chi connectivity index (χ1v) is 6.38. The van der Waals surface area contributed by atoms with Crippen LogP contribution >= 0.6 is 0 Å². The molecule has 0 aliphatic rings. The van der Waals surface area contributed by atoms with Crippen LogP contribution in [0.2, 0.25) is 0 Å². The second kappa shape index (κ2) is 6.46. The van der Waals surface area contributed by atoms with Crippen LogP contribution in [0, 0.1) is 0 Å². The van der Waals surface area contributed by atoms with Gasteiger partial charge in [0.15, 0.2) is 0 Å². The lowest BCUT2D eigenvalue weighted by atomic mass is 10.0. The molecule has 0 bridgehead atoms. The quantitative estimate of drug-likeness (QED) is 0.805. The molecule has 7 heteroatoms. The Morgan fingerprint density at radius 1 is 1.14 bits per heavy atom. The summed E-state index contributed by atoms with van der Waals surface area (Å²) in [5.74, 6) is -1.47. The topological polar surface area (TPSA) is 48.4 Å². The van der Waals surface area contributed by atoms with E-state index in [1.54, 1.807) is 19.1 Å². The van der Waals surface area contributed by atoms with Crippen LogP contribution in [0.4, 0.5) is 13.2 Å². The van der Waals surface area contributed by atoms with E-state index in [1.165, 1.54) is 24.5 Å². The van der Waals surface area contributed by atoms with Crippen molar-refractivity contribution in [2.75, 3.05) is 6.61 Å². The number of aromatic nitrogens is 1. The molecular formula is C15H12F3NO3. The molecule has 0 spiro atoms. The van der Waals surface area contributed by atoms with Gasteiger partial charge in [-0.05, 0) is 42.3 Å². The first kappa shape index (κ1) is 15.8. The standard InChI is InChI=1S/C15H12F3NO3/c1-2-21-14(20)12-4-3-11(10-5-7-19-8-6-10)9-13(12)22-15(16,17)18/h3-9H,2H2,1H3. The van der Waals surface area contributed by atoms with Gasteiger partial charge in [0.25, 0.3) is 0 Å². The van der Waals surface area contributed by atoms with E-state index < -0.39 is 18.1 Å². The number of hydrogen-bond acceptors (Lipinski definition) is 4. The Hall–Kier alpha value is -2.57. The maximum Gasteiger partial charge on any atom is 0.573 e. The van der Waals surface area contributed by atoms with Crippen molar-refractivity contribution in [3.05, 3.63) is 48.3 Å². The minimum absolute atomic E-state index is 0.0520. The highest BCUT2D eigenvalue weighted by Crippen LogP contribution is 2.31. The highest BCUT2D eigenvalue weighted by molar-refractivity contribution is 5.93. The molecule has 0 N–H and O–H groups in total.